The lowest BCUT2D eigenvalue weighted by Crippen LogP contribution is -2.13. The Morgan fingerprint density at radius 1 is 1.38 bits per heavy atom. The molecule has 0 amide bonds. The summed E-state index contributed by atoms with van der Waals surface area (Å²) >= 11 is 0. The fraction of sp³-hybridized carbons (Fsp3) is 0.333. The molecule has 0 aliphatic rings. The molecule has 1 atom stereocenters. The van der Waals surface area contributed by atoms with Crippen LogP contribution >= 0.6 is 0 Å². The fourth-order valence-corrected chi connectivity index (χ4v) is 2.09. The Morgan fingerprint density at radius 3 is 2.12 bits per heavy atom. The van der Waals surface area contributed by atoms with Crippen molar-refractivity contribution in [2.45, 2.75) is 11.0 Å². The van der Waals surface area contributed by atoms with E-state index in [1.165, 1.54) is 0 Å². The normalized spacial score (nSPS) is 13.8. The number of hydrogen-bond acceptors (Lipinski definition) is 4. The Morgan fingerprint density at radius 2 is 1.81 bits per heavy atom. The molecule has 16 heavy (non-hydrogen) atoms. The van der Waals surface area contributed by atoms with Gasteiger partial charge in [-0.25, -0.2) is 17.2 Å². The van der Waals surface area contributed by atoms with E-state index >= 15 is 0 Å². The van der Waals surface area contributed by atoms with E-state index in [-0.39, 0.29) is 12.1 Å². The molecule has 0 saturated heterocycles. The molecule has 1 unspecified atom stereocenters. The molecule has 3 N–H and O–H groups in total. The lowest BCUT2D eigenvalue weighted by atomic mass is 10.1. The SMILES string of the molecule is CS(=O)(=O)c1c(F)cc(C(O)CN)cc1F. The van der Waals surface area contributed by atoms with Crippen LogP contribution in [-0.2, 0) is 9.84 Å². The van der Waals surface area contributed by atoms with E-state index in [9.17, 15) is 22.3 Å². The Bertz CT molecular complexity index is 478. The third kappa shape index (κ3) is 2.55. The molecule has 0 heterocycles. The molecule has 1 rings (SSSR count). The van der Waals surface area contributed by atoms with Gasteiger partial charge in [0.25, 0.3) is 0 Å². The van der Waals surface area contributed by atoms with Gasteiger partial charge in [-0.3, -0.25) is 0 Å². The fourth-order valence-electron chi connectivity index (χ4n) is 1.26. The Hall–Kier alpha value is -1.05. The van der Waals surface area contributed by atoms with Gasteiger partial charge in [-0.2, -0.15) is 0 Å². The van der Waals surface area contributed by atoms with Crippen molar-refractivity contribution >= 4 is 9.84 Å². The van der Waals surface area contributed by atoms with Gasteiger partial charge >= 0.3 is 0 Å². The van der Waals surface area contributed by atoms with Crippen molar-refractivity contribution in [3.63, 3.8) is 0 Å². The zero-order valence-corrected chi connectivity index (χ0v) is 9.26. The Balaban J connectivity index is 3.40. The summed E-state index contributed by atoms with van der Waals surface area (Å²) in [6, 6.07) is 1.52. The molecule has 90 valence electrons. The molecule has 0 aromatic heterocycles. The average Bonchev–Trinajstić information content (AvgIpc) is 2.13. The maximum atomic E-state index is 13.3. The van der Waals surface area contributed by atoms with Crippen LogP contribution in [-0.4, -0.2) is 26.3 Å². The number of halogens is 2. The summed E-state index contributed by atoms with van der Waals surface area (Å²) in [7, 11) is -3.98. The number of aliphatic hydroxyl groups excluding tert-OH is 1. The summed E-state index contributed by atoms with van der Waals surface area (Å²) in [6.07, 6.45) is -0.523. The molecule has 0 fully saturated rings. The molecular weight excluding hydrogens is 240 g/mol. The largest absolute Gasteiger partial charge is 0.387 e. The highest BCUT2D eigenvalue weighted by molar-refractivity contribution is 7.90. The highest BCUT2D eigenvalue weighted by Gasteiger charge is 2.21. The first-order chi connectivity index (χ1) is 7.27. The van der Waals surface area contributed by atoms with Crippen LogP contribution in [0.5, 0.6) is 0 Å². The summed E-state index contributed by atoms with van der Waals surface area (Å²) in [6.45, 7) is -0.211. The van der Waals surface area contributed by atoms with Crippen LogP contribution < -0.4 is 5.73 Å². The van der Waals surface area contributed by atoms with Gasteiger partial charge in [0.05, 0.1) is 6.10 Å². The maximum absolute atomic E-state index is 13.3. The lowest BCUT2D eigenvalue weighted by Gasteiger charge is -2.10. The minimum absolute atomic E-state index is 0.0927. The highest BCUT2D eigenvalue weighted by Crippen LogP contribution is 2.23. The van der Waals surface area contributed by atoms with Crippen LogP contribution in [0, 0.1) is 11.6 Å². The van der Waals surface area contributed by atoms with E-state index in [1.54, 1.807) is 0 Å². The summed E-state index contributed by atoms with van der Waals surface area (Å²) in [5.41, 5.74) is 5.02. The lowest BCUT2D eigenvalue weighted by molar-refractivity contribution is 0.185. The molecular formula is C9H11F2NO3S. The topological polar surface area (TPSA) is 80.4 Å². The number of nitrogens with two attached hydrogens (primary N) is 1. The van der Waals surface area contributed by atoms with E-state index in [1.807, 2.05) is 0 Å². The van der Waals surface area contributed by atoms with Gasteiger partial charge in [-0.1, -0.05) is 0 Å². The highest BCUT2D eigenvalue weighted by atomic mass is 32.2. The number of hydrogen-bond donors (Lipinski definition) is 2. The molecule has 0 radical (unpaired) electrons. The molecule has 0 spiro atoms. The predicted octanol–water partition coefficient (Wildman–Crippen LogP) is 0.360. The van der Waals surface area contributed by atoms with E-state index in [0.717, 1.165) is 12.1 Å². The number of aliphatic hydroxyl groups is 1. The molecule has 1 aromatic carbocycles. The number of benzene rings is 1. The van der Waals surface area contributed by atoms with Gasteiger partial charge < -0.3 is 10.8 Å². The van der Waals surface area contributed by atoms with Gasteiger partial charge in [0.15, 0.2) is 9.84 Å². The van der Waals surface area contributed by atoms with Crippen molar-refractivity contribution in [1.82, 2.24) is 0 Å². The van der Waals surface area contributed by atoms with Gasteiger partial charge in [0.2, 0.25) is 0 Å². The third-order valence-electron chi connectivity index (χ3n) is 2.00. The summed E-state index contributed by atoms with van der Waals surface area (Å²) in [5, 5.41) is 9.26. The predicted molar refractivity (Wildman–Crippen MR) is 53.5 cm³/mol. The summed E-state index contributed by atoms with van der Waals surface area (Å²) < 4.78 is 48.8. The molecule has 4 nitrogen and oxygen atoms in total. The second kappa shape index (κ2) is 4.44. The van der Waals surface area contributed by atoms with E-state index < -0.39 is 32.5 Å². The van der Waals surface area contributed by atoms with Crippen LogP contribution in [0.2, 0.25) is 0 Å². The van der Waals surface area contributed by atoms with Gasteiger partial charge in [-0.05, 0) is 17.7 Å². The standard InChI is InChI=1S/C9H11F2NO3S/c1-16(14,15)9-6(10)2-5(3-7(9)11)8(13)4-12/h2-3,8,13H,4,12H2,1H3. The first kappa shape index (κ1) is 13.0. The smallest absolute Gasteiger partial charge is 0.181 e. The first-order valence-electron chi connectivity index (χ1n) is 4.34. The summed E-state index contributed by atoms with van der Waals surface area (Å²) in [4.78, 5) is -1.000. The Labute approximate surface area is 91.6 Å². The third-order valence-corrected chi connectivity index (χ3v) is 3.13. The number of sulfone groups is 1. The molecule has 0 bridgehead atoms. The zero-order valence-electron chi connectivity index (χ0n) is 8.44. The van der Waals surface area contributed by atoms with Gasteiger partial charge in [-0.15, -0.1) is 0 Å². The number of rotatable bonds is 3. The maximum Gasteiger partial charge on any atom is 0.181 e. The van der Waals surface area contributed by atoms with Crippen LogP contribution in [0.3, 0.4) is 0 Å². The monoisotopic (exact) mass is 251 g/mol. The van der Waals surface area contributed by atoms with Crippen molar-refractivity contribution in [3.05, 3.63) is 29.3 Å². The average molecular weight is 251 g/mol. The zero-order chi connectivity index (χ0) is 12.5. The van der Waals surface area contributed by atoms with Crippen molar-refractivity contribution in [2.24, 2.45) is 5.73 Å². The molecule has 0 aliphatic heterocycles. The van der Waals surface area contributed by atoms with Crippen LogP contribution in [0.1, 0.15) is 11.7 Å². The van der Waals surface area contributed by atoms with E-state index in [2.05, 4.69) is 0 Å². The minimum Gasteiger partial charge on any atom is -0.387 e. The van der Waals surface area contributed by atoms with E-state index in [4.69, 9.17) is 5.73 Å². The van der Waals surface area contributed by atoms with Crippen molar-refractivity contribution in [2.75, 3.05) is 12.8 Å². The molecule has 7 heteroatoms. The van der Waals surface area contributed by atoms with Crippen LogP contribution in [0.4, 0.5) is 8.78 Å². The summed E-state index contributed by atoms with van der Waals surface area (Å²) in [5.74, 6) is -2.46. The first-order valence-corrected chi connectivity index (χ1v) is 6.23. The van der Waals surface area contributed by atoms with Crippen molar-refractivity contribution in [3.8, 4) is 0 Å². The van der Waals surface area contributed by atoms with Crippen LogP contribution in [0.25, 0.3) is 0 Å². The Kier molecular flexibility index (Phi) is 3.61. The molecule has 0 saturated carbocycles. The second-order valence-corrected chi connectivity index (χ2v) is 5.29. The molecule has 0 aliphatic carbocycles. The van der Waals surface area contributed by atoms with Crippen molar-refractivity contribution < 1.29 is 22.3 Å². The van der Waals surface area contributed by atoms with Gasteiger partial charge in [0, 0.05) is 12.8 Å². The minimum atomic E-state index is -3.98. The van der Waals surface area contributed by atoms with Crippen molar-refractivity contribution in [1.29, 1.82) is 0 Å². The molecule has 1 aromatic rings. The van der Waals surface area contributed by atoms with Gasteiger partial charge in [0.1, 0.15) is 16.5 Å². The van der Waals surface area contributed by atoms with E-state index in [0.29, 0.717) is 6.26 Å². The quantitative estimate of drug-likeness (QED) is 0.812. The van der Waals surface area contributed by atoms with Crippen LogP contribution in [0.15, 0.2) is 17.0 Å². The second-order valence-electron chi connectivity index (χ2n) is 3.34.